The van der Waals surface area contributed by atoms with Crippen LogP contribution in [0.2, 0.25) is 18.1 Å². The van der Waals surface area contributed by atoms with Crippen LogP contribution in [0.1, 0.15) is 86.5 Å². The van der Waals surface area contributed by atoms with Crippen molar-refractivity contribution in [3.8, 4) is 0 Å². The first-order valence-electron chi connectivity index (χ1n) is 14.0. The van der Waals surface area contributed by atoms with E-state index in [4.69, 9.17) is 18.5 Å². The van der Waals surface area contributed by atoms with Crippen LogP contribution in [0.15, 0.2) is 42.5 Å². The minimum Gasteiger partial charge on any atom is -0.443 e. The molecule has 1 atom stereocenters. The molecule has 0 bridgehead atoms. The first-order valence-corrected chi connectivity index (χ1v) is 16.9. The lowest BCUT2D eigenvalue weighted by Crippen LogP contribution is -2.48. The highest BCUT2D eigenvalue weighted by atomic mass is 28.4. The molecule has 0 radical (unpaired) electrons. The predicted molar refractivity (Wildman–Crippen MR) is 164 cm³/mol. The molecule has 0 aliphatic carbocycles. The van der Waals surface area contributed by atoms with E-state index in [0.29, 0.717) is 21.9 Å². The number of carbonyl (C=O) groups is 2. The highest BCUT2D eigenvalue weighted by Crippen LogP contribution is 2.45. The predicted octanol–water partition coefficient (Wildman–Crippen LogP) is 7.82. The fourth-order valence-electron chi connectivity index (χ4n) is 4.21. The molecule has 1 fully saturated rings. The normalized spacial score (nSPS) is 19.0. The molecule has 1 aliphatic rings. The van der Waals surface area contributed by atoms with Gasteiger partial charge in [0.25, 0.3) is 0 Å². The van der Waals surface area contributed by atoms with E-state index in [2.05, 4.69) is 40.4 Å². The molecule has 0 spiro atoms. The minimum atomic E-state index is -2.25. The number of carbonyl (C=O) groups excluding carboxylic acids is 2. The van der Waals surface area contributed by atoms with Crippen molar-refractivity contribution >= 4 is 38.2 Å². The highest BCUT2D eigenvalue weighted by molar-refractivity contribution is 6.74. The second-order valence-corrected chi connectivity index (χ2v) is 19.5. The lowest BCUT2D eigenvalue weighted by Gasteiger charge is -2.40. The van der Waals surface area contributed by atoms with E-state index >= 15 is 0 Å². The Kier molecular flexibility index (Phi) is 8.29. The molecule has 1 aromatic carbocycles. The van der Waals surface area contributed by atoms with Gasteiger partial charge in [-0.3, -0.25) is 9.36 Å². The molecular weight excluding hydrogens is 521 g/mol. The Morgan fingerprint density at radius 1 is 0.975 bits per heavy atom. The molecule has 220 valence electrons. The lowest BCUT2D eigenvalue weighted by molar-refractivity contribution is 0.00578. The van der Waals surface area contributed by atoms with E-state index in [1.807, 2.05) is 79.7 Å². The molecular formula is C31H48BNO6Si. The van der Waals surface area contributed by atoms with Gasteiger partial charge in [-0.05, 0) is 85.1 Å². The molecule has 3 rings (SSSR count). The Balaban J connectivity index is 2.13. The van der Waals surface area contributed by atoms with Crippen molar-refractivity contribution in [3.63, 3.8) is 0 Å². The maximum atomic E-state index is 14.7. The van der Waals surface area contributed by atoms with Crippen LogP contribution in [0.5, 0.6) is 0 Å². The van der Waals surface area contributed by atoms with Crippen molar-refractivity contribution in [2.24, 2.45) is 5.41 Å². The minimum absolute atomic E-state index is 0.0601. The number of fused-ring (bicyclic) bond motifs is 1. The van der Waals surface area contributed by atoms with Gasteiger partial charge in [-0.15, -0.1) is 6.58 Å². The van der Waals surface area contributed by atoms with E-state index < -0.39 is 43.7 Å². The zero-order valence-electron chi connectivity index (χ0n) is 26.8. The molecule has 1 aromatic heterocycles. The number of ether oxygens (including phenoxy) is 1. The van der Waals surface area contributed by atoms with E-state index in [1.165, 1.54) is 4.57 Å². The number of rotatable bonds is 7. The summed E-state index contributed by atoms with van der Waals surface area (Å²) in [5.74, 6) is -0.218. The van der Waals surface area contributed by atoms with Crippen molar-refractivity contribution in [2.75, 3.05) is 6.61 Å². The summed E-state index contributed by atoms with van der Waals surface area (Å²) in [6, 6.07) is 7.34. The lowest BCUT2D eigenvalue weighted by atomic mass is 9.61. The van der Waals surface area contributed by atoms with Crippen molar-refractivity contribution in [1.82, 2.24) is 4.57 Å². The molecule has 7 nitrogen and oxygen atoms in total. The topological polar surface area (TPSA) is 76.0 Å². The van der Waals surface area contributed by atoms with Crippen molar-refractivity contribution in [3.05, 3.63) is 48.1 Å². The quantitative estimate of drug-likeness (QED) is 0.250. The zero-order valence-corrected chi connectivity index (χ0v) is 27.8. The van der Waals surface area contributed by atoms with Crippen molar-refractivity contribution in [2.45, 2.75) is 111 Å². The number of para-hydroxylation sites is 1. The molecule has 2 heterocycles. The number of hydrogen-bond acceptors (Lipinski definition) is 6. The number of ketones is 1. The molecule has 2 aromatic rings. The van der Waals surface area contributed by atoms with Gasteiger partial charge >= 0.3 is 13.2 Å². The molecule has 1 aliphatic heterocycles. The summed E-state index contributed by atoms with van der Waals surface area (Å²) in [4.78, 5) is 27.9. The average molecular weight is 570 g/mol. The Hall–Kier alpha value is -2.20. The Bertz CT molecular complexity index is 1300. The first kappa shape index (κ1) is 32.3. The fourth-order valence-corrected chi connectivity index (χ4v) is 5.29. The van der Waals surface area contributed by atoms with Gasteiger partial charge in [-0.1, -0.05) is 39.0 Å². The summed E-state index contributed by atoms with van der Waals surface area (Å²) in [6.45, 7) is 30.5. The molecule has 40 heavy (non-hydrogen) atoms. The van der Waals surface area contributed by atoms with Crippen LogP contribution in [-0.2, 0) is 18.5 Å². The van der Waals surface area contributed by atoms with Crippen molar-refractivity contribution < 1.29 is 28.1 Å². The van der Waals surface area contributed by atoms with Crippen LogP contribution in [-0.4, -0.2) is 55.3 Å². The summed E-state index contributed by atoms with van der Waals surface area (Å²) >= 11 is 0. The third kappa shape index (κ3) is 6.03. The standard InChI is InChI=1S/C31H48BNO6Si/c1-21(32-38-29(8,9)30(10,11)39-32)31(12,20-36-40(13,14)28(5,6)7)25(34)23-19-33(26(35)37-27(2,3)4)24-18-16-15-17-22(23)24/h15-19H,1,20H2,2-14H3/t31-/m0/s1. The van der Waals surface area contributed by atoms with Crippen LogP contribution in [0.4, 0.5) is 4.79 Å². The third-order valence-electron chi connectivity index (χ3n) is 8.82. The number of Topliss-reactive ketones (excluding diaryl/α,β-unsaturated/α-hetero) is 1. The molecule has 9 heteroatoms. The summed E-state index contributed by atoms with van der Waals surface area (Å²) in [6.07, 6.45) is 1.02. The number of hydrogen-bond donors (Lipinski definition) is 0. The van der Waals surface area contributed by atoms with Crippen molar-refractivity contribution in [1.29, 1.82) is 0 Å². The monoisotopic (exact) mass is 569 g/mol. The van der Waals surface area contributed by atoms with Gasteiger partial charge in [0, 0.05) is 23.8 Å². The number of benzene rings is 1. The SMILES string of the molecule is C=C(B1OC(C)(C)C(C)(C)O1)[C@](C)(CO[Si](C)(C)C(C)(C)C)C(=O)c1cn(C(=O)OC(C)(C)C)c2ccccc12. The van der Waals surface area contributed by atoms with Gasteiger partial charge in [0.2, 0.25) is 0 Å². The van der Waals surface area contributed by atoms with Crippen LogP contribution >= 0.6 is 0 Å². The fraction of sp³-hybridized carbons (Fsp3) is 0.613. The summed E-state index contributed by atoms with van der Waals surface area (Å²) < 4.78 is 26.4. The van der Waals surface area contributed by atoms with E-state index in [0.717, 1.165) is 0 Å². The third-order valence-corrected chi connectivity index (χ3v) is 13.3. The number of aromatic nitrogens is 1. The average Bonchev–Trinajstić information content (AvgIpc) is 3.28. The van der Waals surface area contributed by atoms with E-state index in [1.54, 1.807) is 6.20 Å². The van der Waals surface area contributed by atoms with Gasteiger partial charge in [0.1, 0.15) is 5.60 Å². The summed E-state index contributed by atoms with van der Waals surface area (Å²) in [5, 5.41) is 0.591. The smallest absolute Gasteiger partial charge is 0.443 e. The van der Waals surface area contributed by atoms with E-state index in [9.17, 15) is 9.59 Å². The molecule has 0 amide bonds. The molecule has 0 unspecified atom stereocenters. The molecule has 0 N–H and O–H groups in total. The maximum Gasteiger partial charge on any atom is 0.491 e. The van der Waals surface area contributed by atoms with Gasteiger partial charge < -0.3 is 18.5 Å². The Labute approximate surface area is 241 Å². The Morgan fingerprint density at radius 2 is 1.50 bits per heavy atom. The van der Waals surface area contributed by atoms with Gasteiger partial charge in [0.05, 0.1) is 22.1 Å². The van der Waals surface area contributed by atoms with Crippen LogP contribution < -0.4 is 0 Å². The second kappa shape index (κ2) is 10.3. The zero-order chi connectivity index (χ0) is 30.7. The van der Waals surface area contributed by atoms with Crippen LogP contribution in [0.25, 0.3) is 10.9 Å². The van der Waals surface area contributed by atoms with Crippen LogP contribution in [0, 0.1) is 5.41 Å². The van der Waals surface area contributed by atoms with Gasteiger partial charge in [-0.25, -0.2) is 4.79 Å². The highest BCUT2D eigenvalue weighted by Gasteiger charge is 2.56. The molecule has 0 saturated carbocycles. The second-order valence-electron chi connectivity index (χ2n) is 14.7. The molecule has 1 saturated heterocycles. The first-order chi connectivity index (χ1) is 17.9. The maximum absolute atomic E-state index is 14.7. The summed E-state index contributed by atoms with van der Waals surface area (Å²) in [7, 11) is -3.06. The summed E-state index contributed by atoms with van der Waals surface area (Å²) in [5.41, 5.74) is -1.63. The van der Waals surface area contributed by atoms with Gasteiger partial charge in [0.15, 0.2) is 14.1 Å². The number of nitrogens with zero attached hydrogens (tertiary/aromatic N) is 1. The van der Waals surface area contributed by atoms with Crippen LogP contribution in [0.3, 0.4) is 0 Å². The van der Waals surface area contributed by atoms with E-state index in [-0.39, 0.29) is 17.4 Å². The largest absolute Gasteiger partial charge is 0.491 e. The Morgan fingerprint density at radius 3 is 2.00 bits per heavy atom. The van der Waals surface area contributed by atoms with Gasteiger partial charge in [-0.2, -0.15) is 0 Å².